The molecular weight excluding hydrogens is 466 g/mol. The van der Waals surface area contributed by atoms with Crippen LogP contribution in [0.2, 0.25) is 5.02 Å². The molecule has 35 heavy (non-hydrogen) atoms. The summed E-state index contributed by atoms with van der Waals surface area (Å²) in [5.41, 5.74) is 1.83. The van der Waals surface area contributed by atoms with Crippen molar-refractivity contribution >= 4 is 35.0 Å². The monoisotopic (exact) mass is 497 g/mol. The van der Waals surface area contributed by atoms with Gasteiger partial charge in [0.1, 0.15) is 18.1 Å². The Morgan fingerprint density at radius 3 is 2.34 bits per heavy atom. The highest BCUT2D eigenvalue weighted by atomic mass is 35.5. The molecule has 0 unspecified atom stereocenters. The molecule has 9 heteroatoms. The zero-order chi connectivity index (χ0) is 25.6. The third-order valence-corrected chi connectivity index (χ3v) is 5.57. The molecule has 0 aliphatic carbocycles. The van der Waals surface area contributed by atoms with Gasteiger partial charge >= 0.3 is 6.03 Å². The largest absolute Gasteiger partial charge is 0.494 e. The highest BCUT2D eigenvalue weighted by molar-refractivity contribution is 6.32. The Hall–Kier alpha value is -3.52. The Balaban J connectivity index is 1.74. The highest BCUT2D eigenvalue weighted by Crippen LogP contribution is 2.29. The highest BCUT2D eigenvalue weighted by Gasteiger charge is 2.23. The summed E-state index contributed by atoms with van der Waals surface area (Å²) in [7, 11) is 0. The molecule has 2 aromatic carbocycles. The minimum atomic E-state index is -0.373. The number of anilines is 2. The lowest BCUT2D eigenvalue weighted by molar-refractivity contribution is -0.116. The van der Waals surface area contributed by atoms with E-state index in [-0.39, 0.29) is 23.9 Å². The molecule has 0 fully saturated rings. The van der Waals surface area contributed by atoms with E-state index in [1.165, 1.54) is 4.90 Å². The van der Waals surface area contributed by atoms with E-state index in [0.29, 0.717) is 35.4 Å². The molecular formula is C26H32ClN5O3. The number of amides is 3. The molecule has 1 aromatic heterocycles. The summed E-state index contributed by atoms with van der Waals surface area (Å²) < 4.78 is 7.05. The summed E-state index contributed by atoms with van der Waals surface area (Å²) in [6.45, 7) is 10.6. The number of benzene rings is 2. The normalized spacial score (nSPS) is 11.1. The summed E-state index contributed by atoms with van der Waals surface area (Å²) in [5.74, 6) is 0.861. The number of para-hydroxylation sites is 1. The van der Waals surface area contributed by atoms with Crippen molar-refractivity contribution in [3.05, 3.63) is 65.3 Å². The van der Waals surface area contributed by atoms with E-state index in [1.54, 1.807) is 35.0 Å². The third kappa shape index (κ3) is 6.76. The zero-order valence-electron chi connectivity index (χ0n) is 20.8. The molecule has 0 aliphatic heterocycles. The summed E-state index contributed by atoms with van der Waals surface area (Å²) in [6.07, 6.45) is 0. The number of rotatable bonds is 8. The van der Waals surface area contributed by atoms with Crippen molar-refractivity contribution in [1.29, 1.82) is 0 Å². The summed E-state index contributed by atoms with van der Waals surface area (Å²) in [5, 5.41) is 10.9. The molecule has 8 nitrogen and oxygen atoms in total. The SMILES string of the molecule is CCOc1ccc(NC(=O)N(CC)CC(=O)Nc2cc(C(C)(C)C)nn2-c2ccccc2Cl)cc1. The fourth-order valence-corrected chi connectivity index (χ4v) is 3.55. The van der Waals surface area contributed by atoms with Gasteiger partial charge in [-0.05, 0) is 50.2 Å². The molecule has 3 rings (SSSR count). The van der Waals surface area contributed by atoms with Gasteiger partial charge in [0.2, 0.25) is 5.91 Å². The van der Waals surface area contributed by atoms with E-state index in [4.69, 9.17) is 21.4 Å². The Morgan fingerprint density at radius 1 is 1.06 bits per heavy atom. The molecule has 0 bridgehead atoms. The van der Waals surface area contributed by atoms with E-state index < -0.39 is 0 Å². The number of carbonyl (C=O) groups is 2. The predicted molar refractivity (Wildman–Crippen MR) is 140 cm³/mol. The van der Waals surface area contributed by atoms with Gasteiger partial charge in [0, 0.05) is 23.7 Å². The van der Waals surface area contributed by atoms with Crippen molar-refractivity contribution in [2.75, 3.05) is 30.3 Å². The van der Waals surface area contributed by atoms with Crippen LogP contribution in [0.25, 0.3) is 5.69 Å². The van der Waals surface area contributed by atoms with Crippen LogP contribution in [-0.4, -0.2) is 46.3 Å². The van der Waals surface area contributed by atoms with Crippen molar-refractivity contribution < 1.29 is 14.3 Å². The van der Waals surface area contributed by atoms with Gasteiger partial charge in [0.05, 0.1) is 23.0 Å². The maximum Gasteiger partial charge on any atom is 0.322 e. The minimum absolute atomic E-state index is 0.127. The molecule has 0 aliphatic rings. The number of ether oxygens (including phenoxy) is 1. The van der Waals surface area contributed by atoms with E-state index in [9.17, 15) is 9.59 Å². The van der Waals surface area contributed by atoms with Crippen LogP contribution in [0.3, 0.4) is 0 Å². The van der Waals surface area contributed by atoms with Crippen LogP contribution < -0.4 is 15.4 Å². The van der Waals surface area contributed by atoms with Gasteiger partial charge in [0.15, 0.2) is 0 Å². The van der Waals surface area contributed by atoms with Crippen LogP contribution in [-0.2, 0) is 10.2 Å². The molecule has 0 spiro atoms. The molecule has 0 atom stereocenters. The maximum atomic E-state index is 13.0. The average Bonchev–Trinajstić information content (AvgIpc) is 3.23. The van der Waals surface area contributed by atoms with Gasteiger partial charge in [-0.2, -0.15) is 5.10 Å². The Labute approximate surface area is 211 Å². The number of hydrogen-bond donors (Lipinski definition) is 2. The minimum Gasteiger partial charge on any atom is -0.494 e. The molecule has 0 radical (unpaired) electrons. The second kappa shape index (κ2) is 11.3. The van der Waals surface area contributed by atoms with E-state index in [1.807, 2.05) is 58.9 Å². The standard InChI is InChI=1S/C26H32ClN5O3/c1-6-31(25(34)28-18-12-14-19(15-13-18)35-7-2)17-24(33)29-23-16-22(26(3,4)5)30-32(23)21-11-9-8-10-20(21)27/h8-16H,6-7,17H2,1-5H3,(H,28,34)(H,29,33). The van der Waals surface area contributed by atoms with Crippen LogP contribution in [0.1, 0.15) is 40.3 Å². The van der Waals surface area contributed by atoms with Crippen LogP contribution in [0.5, 0.6) is 5.75 Å². The smallest absolute Gasteiger partial charge is 0.322 e. The van der Waals surface area contributed by atoms with Gasteiger partial charge < -0.3 is 20.3 Å². The fourth-order valence-electron chi connectivity index (χ4n) is 3.33. The molecule has 3 amide bonds. The molecule has 2 N–H and O–H groups in total. The van der Waals surface area contributed by atoms with Crippen LogP contribution in [0.15, 0.2) is 54.6 Å². The molecule has 0 saturated carbocycles. The molecule has 1 heterocycles. The van der Waals surface area contributed by atoms with Crippen molar-refractivity contribution in [1.82, 2.24) is 14.7 Å². The van der Waals surface area contributed by atoms with E-state index >= 15 is 0 Å². The summed E-state index contributed by atoms with van der Waals surface area (Å²) in [6, 6.07) is 15.8. The van der Waals surface area contributed by atoms with Gasteiger partial charge in [0.25, 0.3) is 0 Å². The van der Waals surface area contributed by atoms with Crippen molar-refractivity contribution in [3.63, 3.8) is 0 Å². The topological polar surface area (TPSA) is 88.5 Å². The lowest BCUT2D eigenvalue weighted by atomic mass is 9.92. The second-order valence-electron chi connectivity index (χ2n) is 8.98. The predicted octanol–water partition coefficient (Wildman–Crippen LogP) is 5.71. The van der Waals surface area contributed by atoms with Crippen LogP contribution >= 0.6 is 11.6 Å². The number of nitrogens with zero attached hydrogens (tertiary/aromatic N) is 3. The second-order valence-corrected chi connectivity index (χ2v) is 9.39. The molecule has 3 aromatic rings. The van der Waals surface area contributed by atoms with Crippen molar-refractivity contribution in [3.8, 4) is 11.4 Å². The molecule has 0 saturated heterocycles. The lowest BCUT2D eigenvalue weighted by Gasteiger charge is -2.21. The number of urea groups is 1. The average molecular weight is 498 g/mol. The molecule has 186 valence electrons. The number of aromatic nitrogens is 2. The van der Waals surface area contributed by atoms with Crippen LogP contribution in [0.4, 0.5) is 16.3 Å². The third-order valence-electron chi connectivity index (χ3n) is 5.25. The van der Waals surface area contributed by atoms with Gasteiger partial charge in [-0.25, -0.2) is 9.48 Å². The first-order chi connectivity index (χ1) is 16.6. The number of nitrogens with one attached hydrogen (secondary N) is 2. The Bertz CT molecular complexity index is 1170. The van der Waals surface area contributed by atoms with E-state index in [0.717, 1.165) is 11.4 Å². The number of likely N-dealkylation sites (N-methyl/N-ethyl adjacent to an activating group) is 1. The van der Waals surface area contributed by atoms with Gasteiger partial charge in [-0.1, -0.05) is 44.5 Å². The lowest BCUT2D eigenvalue weighted by Crippen LogP contribution is -2.40. The fraction of sp³-hybridized carbons (Fsp3) is 0.346. The summed E-state index contributed by atoms with van der Waals surface area (Å²) in [4.78, 5) is 27.2. The zero-order valence-corrected chi connectivity index (χ0v) is 21.5. The number of hydrogen-bond acceptors (Lipinski definition) is 4. The van der Waals surface area contributed by atoms with Crippen molar-refractivity contribution in [2.45, 2.75) is 40.0 Å². The van der Waals surface area contributed by atoms with Gasteiger partial charge in [-0.15, -0.1) is 0 Å². The Morgan fingerprint density at radius 2 is 1.74 bits per heavy atom. The number of halogens is 1. The first kappa shape index (κ1) is 26.1. The Kier molecular flexibility index (Phi) is 8.40. The first-order valence-electron chi connectivity index (χ1n) is 11.6. The van der Waals surface area contributed by atoms with Crippen LogP contribution in [0, 0.1) is 0 Å². The quantitative estimate of drug-likeness (QED) is 0.417. The van der Waals surface area contributed by atoms with Gasteiger partial charge in [-0.3, -0.25) is 4.79 Å². The maximum absolute atomic E-state index is 13.0. The summed E-state index contributed by atoms with van der Waals surface area (Å²) >= 11 is 6.40. The van der Waals surface area contributed by atoms with E-state index in [2.05, 4.69) is 10.6 Å². The first-order valence-corrected chi connectivity index (χ1v) is 11.9. The van der Waals surface area contributed by atoms with Crippen molar-refractivity contribution in [2.24, 2.45) is 0 Å². The number of carbonyl (C=O) groups excluding carboxylic acids is 2.